The Kier molecular flexibility index (Phi) is 3.29. The number of benzene rings is 2. The Morgan fingerprint density at radius 3 is 1.80 bits per heavy atom. The summed E-state index contributed by atoms with van der Waals surface area (Å²) in [6.45, 7) is 0. The second kappa shape index (κ2) is 5.40. The first-order chi connectivity index (χ1) is 9.84. The minimum Gasteiger partial charge on any atom is -0.384 e. The number of nitrogens with two attached hydrogens (primary N) is 1. The van der Waals surface area contributed by atoms with E-state index in [1.54, 1.807) is 12.3 Å². The zero-order valence-corrected chi connectivity index (χ0v) is 10.8. The predicted octanol–water partition coefficient (Wildman–Crippen LogP) is 3.53. The first kappa shape index (κ1) is 12.2. The summed E-state index contributed by atoms with van der Waals surface area (Å²) in [7, 11) is 0. The average molecular weight is 262 g/mol. The van der Waals surface area contributed by atoms with Crippen LogP contribution in [0.4, 0.5) is 23.1 Å². The third kappa shape index (κ3) is 2.44. The minimum atomic E-state index is 0.451. The van der Waals surface area contributed by atoms with Crippen LogP contribution in [0.5, 0.6) is 0 Å². The first-order valence-electron chi connectivity index (χ1n) is 6.33. The highest BCUT2D eigenvalue weighted by atomic mass is 15.3. The van der Waals surface area contributed by atoms with Gasteiger partial charge in [0.15, 0.2) is 0 Å². The number of hydrogen-bond donors (Lipinski definition) is 1. The first-order valence-corrected chi connectivity index (χ1v) is 6.33. The highest BCUT2D eigenvalue weighted by molar-refractivity contribution is 5.72. The SMILES string of the molecule is Nc1ccnc(N(c2ccccc2)c2ccccc2)n1. The van der Waals surface area contributed by atoms with Gasteiger partial charge in [-0.3, -0.25) is 4.90 Å². The number of nitrogen functional groups attached to an aromatic ring is 1. The molecule has 4 heteroatoms. The van der Waals surface area contributed by atoms with Crippen molar-refractivity contribution in [2.24, 2.45) is 0 Å². The maximum absolute atomic E-state index is 5.77. The number of anilines is 4. The van der Waals surface area contributed by atoms with Crippen LogP contribution in [-0.2, 0) is 0 Å². The molecule has 98 valence electrons. The number of hydrogen-bond acceptors (Lipinski definition) is 4. The summed E-state index contributed by atoms with van der Waals surface area (Å²) in [5.41, 5.74) is 7.75. The molecule has 20 heavy (non-hydrogen) atoms. The number of aromatic nitrogens is 2. The maximum Gasteiger partial charge on any atom is 0.236 e. The molecule has 0 aliphatic heterocycles. The van der Waals surface area contributed by atoms with Crippen molar-refractivity contribution in [2.75, 3.05) is 10.6 Å². The van der Waals surface area contributed by atoms with E-state index in [2.05, 4.69) is 9.97 Å². The highest BCUT2D eigenvalue weighted by Gasteiger charge is 2.14. The van der Waals surface area contributed by atoms with Crippen molar-refractivity contribution in [1.29, 1.82) is 0 Å². The molecular formula is C16H14N4. The van der Waals surface area contributed by atoms with Gasteiger partial charge in [-0.1, -0.05) is 36.4 Å². The minimum absolute atomic E-state index is 0.451. The molecule has 3 aromatic rings. The molecule has 1 aromatic heterocycles. The molecule has 0 atom stereocenters. The van der Waals surface area contributed by atoms with Gasteiger partial charge in [0.05, 0.1) is 0 Å². The molecule has 0 saturated carbocycles. The van der Waals surface area contributed by atoms with Crippen molar-refractivity contribution < 1.29 is 0 Å². The maximum atomic E-state index is 5.77. The molecule has 0 unspecified atom stereocenters. The molecule has 3 rings (SSSR count). The van der Waals surface area contributed by atoms with E-state index in [9.17, 15) is 0 Å². The van der Waals surface area contributed by atoms with Crippen LogP contribution in [0.1, 0.15) is 0 Å². The number of nitrogens with zero attached hydrogens (tertiary/aromatic N) is 3. The lowest BCUT2D eigenvalue weighted by molar-refractivity contribution is 1.09. The largest absolute Gasteiger partial charge is 0.384 e. The molecule has 0 saturated heterocycles. The van der Waals surface area contributed by atoms with E-state index >= 15 is 0 Å². The molecule has 2 N–H and O–H groups in total. The molecule has 0 aliphatic rings. The summed E-state index contributed by atoms with van der Waals surface area (Å²) in [5, 5.41) is 0. The van der Waals surface area contributed by atoms with Gasteiger partial charge in [0.1, 0.15) is 5.82 Å². The van der Waals surface area contributed by atoms with Gasteiger partial charge in [-0.2, -0.15) is 4.98 Å². The summed E-state index contributed by atoms with van der Waals surface area (Å²) >= 11 is 0. The summed E-state index contributed by atoms with van der Waals surface area (Å²) < 4.78 is 0. The van der Waals surface area contributed by atoms with Gasteiger partial charge in [-0.05, 0) is 30.3 Å². The topological polar surface area (TPSA) is 55.0 Å². The third-order valence-corrected chi connectivity index (χ3v) is 2.89. The average Bonchev–Trinajstić information content (AvgIpc) is 2.50. The molecule has 4 nitrogen and oxygen atoms in total. The Balaban J connectivity index is 2.14. The quantitative estimate of drug-likeness (QED) is 0.784. The van der Waals surface area contributed by atoms with Crippen molar-refractivity contribution in [2.45, 2.75) is 0 Å². The second-order valence-electron chi connectivity index (χ2n) is 4.29. The molecule has 0 fully saturated rings. The fourth-order valence-electron chi connectivity index (χ4n) is 2.00. The predicted molar refractivity (Wildman–Crippen MR) is 81.1 cm³/mol. The Labute approximate surface area is 117 Å². The Morgan fingerprint density at radius 2 is 1.30 bits per heavy atom. The number of para-hydroxylation sites is 2. The van der Waals surface area contributed by atoms with E-state index in [-0.39, 0.29) is 0 Å². The third-order valence-electron chi connectivity index (χ3n) is 2.89. The normalized spacial score (nSPS) is 10.2. The summed E-state index contributed by atoms with van der Waals surface area (Å²) in [4.78, 5) is 10.6. The monoisotopic (exact) mass is 262 g/mol. The Bertz CT molecular complexity index is 644. The van der Waals surface area contributed by atoms with E-state index in [1.165, 1.54) is 0 Å². The Hall–Kier alpha value is -2.88. The zero-order valence-electron chi connectivity index (χ0n) is 10.8. The fourth-order valence-corrected chi connectivity index (χ4v) is 2.00. The van der Waals surface area contributed by atoms with Crippen LogP contribution in [0.3, 0.4) is 0 Å². The zero-order chi connectivity index (χ0) is 13.8. The second-order valence-corrected chi connectivity index (χ2v) is 4.29. The summed E-state index contributed by atoms with van der Waals surface area (Å²) in [6, 6.07) is 21.6. The van der Waals surface area contributed by atoms with E-state index < -0.39 is 0 Å². The molecule has 2 aromatic carbocycles. The van der Waals surface area contributed by atoms with Crippen molar-refractivity contribution in [3.05, 3.63) is 72.9 Å². The van der Waals surface area contributed by atoms with Crippen LogP contribution >= 0.6 is 0 Å². The van der Waals surface area contributed by atoms with E-state index in [0.29, 0.717) is 11.8 Å². The molecule has 0 amide bonds. The fraction of sp³-hybridized carbons (Fsp3) is 0. The highest BCUT2D eigenvalue weighted by Crippen LogP contribution is 2.31. The van der Waals surface area contributed by atoms with Gasteiger partial charge < -0.3 is 5.73 Å². The molecule has 0 spiro atoms. The lowest BCUT2D eigenvalue weighted by Crippen LogP contribution is -2.13. The van der Waals surface area contributed by atoms with Gasteiger partial charge in [-0.25, -0.2) is 4.98 Å². The molecule has 0 radical (unpaired) electrons. The van der Waals surface area contributed by atoms with Crippen molar-refractivity contribution in [3.63, 3.8) is 0 Å². The summed E-state index contributed by atoms with van der Waals surface area (Å²) in [6.07, 6.45) is 1.66. The van der Waals surface area contributed by atoms with Crippen LogP contribution < -0.4 is 10.6 Å². The van der Waals surface area contributed by atoms with Gasteiger partial charge >= 0.3 is 0 Å². The van der Waals surface area contributed by atoms with Crippen LogP contribution in [0, 0.1) is 0 Å². The lowest BCUT2D eigenvalue weighted by Gasteiger charge is -2.22. The number of rotatable bonds is 3. The van der Waals surface area contributed by atoms with Gasteiger partial charge in [-0.15, -0.1) is 0 Å². The van der Waals surface area contributed by atoms with E-state index in [1.807, 2.05) is 65.6 Å². The molecule has 0 aliphatic carbocycles. The van der Waals surface area contributed by atoms with E-state index in [4.69, 9.17) is 5.73 Å². The van der Waals surface area contributed by atoms with Gasteiger partial charge in [0, 0.05) is 17.6 Å². The van der Waals surface area contributed by atoms with Crippen LogP contribution in [0.25, 0.3) is 0 Å². The van der Waals surface area contributed by atoms with Crippen LogP contribution in [0.2, 0.25) is 0 Å². The van der Waals surface area contributed by atoms with Gasteiger partial charge in [0.2, 0.25) is 5.95 Å². The van der Waals surface area contributed by atoms with Crippen LogP contribution in [-0.4, -0.2) is 9.97 Å². The van der Waals surface area contributed by atoms with Crippen molar-refractivity contribution in [1.82, 2.24) is 9.97 Å². The van der Waals surface area contributed by atoms with Crippen molar-refractivity contribution >= 4 is 23.1 Å². The van der Waals surface area contributed by atoms with Gasteiger partial charge in [0.25, 0.3) is 0 Å². The lowest BCUT2D eigenvalue weighted by atomic mass is 10.2. The molecule has 1 heterocycles. The van der Waals surface area contributed by atoms with Crippen molar-refractivity contribution in [3.8, 4) is 0 Å². The molecule has 0 bridgehead atoms. The summed E-state index contributed by atoms with van der Waals surface area (Å²) in [5.74, 6) is 1.01. The smallest absolute Gasteiger partial charge is 0.236 e. The van der Waals surface area contributed by atoms with Crippen LogP contribution in [0.15, 0.2) is 72.9 Å². The Morgan fingerprint density at radius 1 is 0.750 bits per heavy atom. The molecular weight excluding hydrogens is 248 g/mol. The standard InChI is InChI=1S/C16H14N4/c17-15-11-12-18-16(19-15)20(13-7-3-1-4-8-13)14-9-5-2-6-10-14/h1-12H,(H2,17,18,19). The van der Waals surface area contributed by atoms with E-state index in [0.717, 1.165) is 11.4 Å².